The fourth-order valence-corrected chi connectivity index (χ4v) is 3.51. The van der Waals surface area contributed by atoms with Gasteiger partial charge in [-0.1, -0.05) is 18.2 Å². The van der Waals surface area contributed by atoms with Crippen LogP contribution in [0.5, 0.6) is 5.75 Å². The van der Waals surface area contributed by atoms with Crippen LogP contribution >= 0.6 is 0 Å². The third kappa shape index (κ3) is 3.26. The Morgan fingerprint density at radius 2 is 1.90 bits per heavy atom. The number of para-hydroxylation sites is 1. The normalized spacial score (nSPS) is 11.3. The molecule has 8 heteroatoms. The van der Waals surface area contributed by atoms with Gasteiger partial charge in [0.05, 0.1) is 7.11 Å². The molecule has 0 aliphatic carbocycles. The molecular formula is C22H21N3O5. The molecule has 0 radical (unpaired) electrons. The molecule has 0 aliphatic heterocycles. The molecule has 4 aromatic rings. The third-order valence-electron chi connectivity index (χ3n) is 4.86. The van der Waals surface area contributed by atoms with E-state index in [0.717, 1.165) is 4.57 Å². The van der Waals surface area contributed by atoms with Crippen molar-refractivity contribution in [1.29, 1.82) is 0 Å². The van der Waals surface area contributed by atoms with Crippen molar-refractivity contribution in [3.8, 4) is 5.75 Å². The first-order chi connectivity index (χ1) is 14.4. The van der Waals surface area contributed by atoms with E-state index in [4.69, 9.17) is 9.15 Å². The summed E-state index contributed by atoms with van der Waals surface area (Å²) in [5, 5.41) is 3.37. The number of furan rings is 1. The number of hydrogen-bond donors (Lipinski definition) is 1. The number of fused-ring (bicyclic) bond motifs is 3. The van der Waals surface area contributed by atoms with Crippen LogP contribution in [-0.4, -0.2) is 22.2 Å². The molecule has 0 aliphatic rings. The molecule has 0 fully saturated rings. The number of ether oxygens (including phenoxy) is 1. The zero-order valence-electron chi connectivity index (χ0n) is 16.8. The van der Waals surface area contributed by atoms with Crippen LogP contribution in [0, 0.1) is 0 Å². The van der Waals surface area contributed by atoms with Crippen molar-refractivity contribution >= 4 is 33.7 Å². The first kappa shape index (κ1) is 19.5. The molecule has 0 bridgehead atoms. The van der Waals surface area contributed by atoms with E-state index in [1.165, 1.54) is 11.7 Å². The minimum atomic E-state index is -0.560. The van der Waals surface area contributed by atoms with Crippen LogP contribution in [0.15, 0.2) is 62.5 Å². The topological polar surface area (TPSA) is 95.5 Å². The standard InChI is InChI=1S/C22H21N3O5/c1-13(2)25-21(27)20-19(16-9-4-5-10-17(16)30-20)24(22(25)28)12-18(26)23-14-7-6-8-15(11-14)29-3/h4-11,13H,12H2,1-3H3,(H,23,26). The summed E-state index contributed by atoms with van der Waals surface area (Å²) in [6.07, 6.45) is 0. The lowest BCUT2D eigenvalue weighted by atomic mass is 10.2. The van der Waals surface area contributed by atoms with E-state index in [9.17, 15) is 14.4 Å². The van der Waals surface area contributed by atoms with Crippen molar-refractivity contribution in [3.63, 3.8) is 0 Å². The molecule has 2 aromatic heterocycles. The zero-order chi connectivity index (χ0) is 21.4. The molecule has 2 aromatic carbocycles. The van der Waals surface area contributed by atoms with Crippen LogP contribution in [0.3, 0.4) is 0 Å². The second-order valence-electron chi connectivity index (χ2n) is 7.19. The Morgan fingerprint density at radius 1 is 1.13 bits per heavy atom. The molecule has 0 saturated carbocycles. The predicted molar refractivity (Wildman–Crippen MR) is 114 cm³/mol. The molecule has 30 heavy (non-hydrogen) atoms. The van der Waals surface area contributed by atoms with Gasteiger partial charge in [-0.15, -0.1) is 0 Å². The number of hydrogen-bond acceptors (Lipinski definition) is 5. The number of aromatic nitrogens is 2. The van der Waals surface area contributed by atoms with Crippen molar-refractivity contribution in [1.82, 2.24) is 9.13 Å². The van der Waals surface area contributed by atoms with Crippen LogP contribution in [0.2, 0.25) is 0 Å². The average molecular weight is 407 g/mol. The Balaban J connectivity index is 1.85. The van der Waals surface area contributed by atoms with Crippen molar-refractivity contribution in [2.45, 2.75) is 26.4 Å². The summed E-state index contributed by atoms with van der Waals surface area (Å²) in [4.78, 5) is 38.8. The smallest absolute Gasteiger partial charge is 0.332 e. The number of carbonyl (C=O) groups excluding carboxylic acids is 1. The second-order valence-corrected chi connectivity index (χ2v) is 7.19. The SMILES string of the molecule is COc1cccc(NC(=O)Cn2c(=O)n(C(C)C)c(=O)c3oc4ccccc4c32)c1. The molecule has 1 amide bonds. The number of nitrogens with zero attached hydrogens (tertiary/aromatic N) is 2. The molecule has 154 valence electrons. The van der Waals surface area contributed by atoms with Crippen LogP contribution in [0.4, 0.5) is 5.69 Å². The lowest BCUT2D eigenvalue weighted by molar-refractivity contribution is -0.116. The quantitative estimate of drug-likeness (QED) is 0.548. The highest BCUT2D eigenvalue weighted by molar-refractivity contribution is 6.03. The molecule has 0 unspecified atom stereocenters. The predicted octanol–water partition coefficient (Wildman–Crippen LogP) is 3.14. The van der Waals surface area contributed by atoms with Gasteiger partial charge >= 0.3 is 5.69 Å². The van der Waals surface area contributed by atoms with Gasteiger partial charge in [0.1, 0.15) is 23.4 Å². The first-order valence-corrected chi connectivity index (χ1v) is 9.51. The van der Waals surface area contributed by atoms with E-state index in [0.29, 0.717) is 27.9 Å². The van der Waals surface area contributed by atoms with E-state index >= 15 is 0 Å². The Labute approximate surface area is 171 Å². The average Bonchev–Trinajstić information content (AvgIpc) is 3.11. The number of methoxy groups -OCH3 is 1. The number of benzene rings is 2. The molecule has 2 heterocycles. The fraction of sp³-hybridized carbons (Fsp3) is 0.227. The molecule has 0 saturated heterocycles. The highest BCUT2D eigenvalue weighted by Gasteiger charge is 2.22. The highest BCUT2D eigenvalue weighted by Crippen LogP contribution is 2.26. The van der Waals surface area contributed by atoms with Gasteiger partial charge in [0.25, 0.3) is 5.56 Å². The molecule has 1 N–H and O–H groups in total. The number of amides is 1. The molecule has 0 atom stereocenters. The van der Waals surface area contributed by atoms with E-state index < -0.39 is 23.2 Å². The van der Waals surface area contributed by atoms with Gasteiger partial charge in [0.2, 0.25) is 11.5 Å². The lowest BCUT2D eigenvalue weighted by Gasteiger charge is -2.14. The van der Waals surface area contributed by atoms with Crippen LogP contribution in [-0.2, 0) is 11.3 Å². The summed E-state index contributed by atoms with van der Waals surface area (Å²) >= 11 is 0. The maximum atomic E-state index is 13.2. The minimum Gasteiger partial charge on any atom is -0.497 e. The van der Waals surface area contributed by atoms with Crippen molar-refractivity contribution < 1.29 is 13.9 Å². The van der Waals surface area contributed by atoms with Crippen LogP contribution in [0.1, 0.15) is 19.9 Å². The third-order valence-corrected chi connectivity index (χ3v) is 4.86. The van der Waals surface area contributed by atoms with E-state index in [-0.39, 0.29) is 12.1 Å². The van der Waals surface area contributed by atoms with Gasteiger partial charge < -0.3 is 14.5 Å². The maximum Gasteiger partial charge on any atom is 0.332 e. The fourth-order valence-electron chi connectivity index (χ4n) is 3.51. The Morgan fingerprint density at radius 3 is 2.63 bits per heavy atom. The summed E-state index contributed by atoms with van der Waals surface area (Å²) in [5.41, 5.74) is 0.322. The second kappa shape index (κ2) is 7.55. The summed E-state index contributed by atoms with van der Waals surface area (Å²) in [6.45, 7) is 3.19. The maximum absolute atomic E-state index is 13.2. The Bertz CT molecular complexity index is 1380. The molecule has 4 rings (SSSR count). The Kier molecular flexibility index (Phi) is 4.91. The summed E-state index contributed by atoms with van der Waals surface area (Å²) in [7, 11) is 1.54. The van der Waals surface area contributed by atoms with Crippen LogP contribution in [0.25, 0.3) is 22.1 Å². The van der Waals surface area contributed by atoms with Crippen molar-refractivity contribution in [2.75, 3.05) is 12.4 Å². The van der Waals surface area contributed by atoms with Gasteiger partial charge in [0.15, 0.2) is 0 Å². The van der Waals surface area contributed by atoms with E-state index in [1.54, 1.807) is 62.4 Å². The number of rotatable bonds is 5. The number of carbonyl (C=O) groups is 1. The first-order valence-electron chi connectivity index (χ1n) is 9.51. The van der Waals surface area contributed by atoms with Crippen molar-refractivity contribution in [3.05, 3.63) is 69.4 Å². The van der Waals surface area contributed by atoms with Gasteiger partial charge in [-0.2, -0.15) is 0 Å². The van der Waals surface area contributed by atoms with Gasteiger partial charge in [0, 0.05) is 23.2 Å². The molecule has 0 spiro atoms. The van der Waals surface area contributed by atoms with E-state index in [2.05, 4.69) is 5.32 Å². The van der Waals surface area contributed by atoms with Gasteiger partial charge in [-0.3, -0.25) is 18.7 Å². The number of anilines is 1. The summed E-state index contributed by atoms with van der Waals surface area (Å²) in [6, 6.07) is 13.6. The summed E-state index contributed by atoms with van der Waals surface area (Å²) in [5.74, 6) is 0.187. The zero-order valence-corrected chi connectivity index (χ0v) is 16.8. The summed E-state index contributed by atoms with van der Waals surface area (Å²) < 4.78 is 13.3. The monoisotopic (exact) mass is 407 g/mol. The Hall–Kier alpha value is -3.81. The molecule has 8 nitrogen and oxygen atoms in total. The number of nitrogens with one attached hydrogen (secondary N) is 1. The van der Waals surface area contributed by atoms with Gasteiger partial charge in [-0.05, 0) is 38.1 Å². The van der Waals surface area contributed by atoms with Gasteiger partial charge in [-0.25, -0.2) is 4.79 Å². The van der Waals surface area contributed by atoms with Crippen LogP contribution < -0.4 is 21.3 Å². The largest absolute Gasteiger partial charge is 0.497 e. The van der Waals surface area contributed by atoms with Crippen molar-refractivity contribution in [2.24, 2.45) is 0 Å². The minimum absolute atomic E-state index is 0.0543. The molecular weight excluding hydrogens is 386 g/mol. The lowest BCUT2D eigenvalue weighted by Crippen LogP contribution is -2.42. The van der Waals surface area contributed by atoms with E-state index in [1.807, 2.05) is 0 Å². The highest BCUT2D eigenvalue weighted by atomic mass is 16.5.